The summed E-state index contributed by atoms with van der Waals surface area (Å²) in [5.41, 5.74) is 8.52. The van der Waals surface area contributed by atoms with Crippen LogP contribution >= 0.6 is 11.3 Å². The van der Waals surface area contributed by atoms with E-state index < -0.39 is 0 Å². The minimum absolute atomic E-state index is 0.554. The molecular weight excluding hydrogens is 244 g/mol. The van der Waals surface area contributed by atoms with Crippen LogP contribution in [0.15, 0.2) is 24.3 Å². The molecular formula is C13H16N4S. The number of nitrogens with two attached hydrogens (primary N) is 1. The molecule has 0 radical (unpaired) electrons. The first-order valence-corrected chi connectivity index (χ1v) is 7.01. The summed E-state index contributed by atoms with van der Waals surface area (Å²) in [6.07, 6.45) is 3.17. The molecule has 18 heavy (non-hydrogen) atoms. The van der Waals surface area contributed by atoms with Gasteiger partial charge in [-0.05, 0) is 24.0 Å². The molecule has 2 aromatic rings. The van der Waals surface area contributed by atoms with Gasteiger partial charge in [-0.15, -0.1) is 10.2 Å². The zero-order valence-electron chi connectivity index (χ0n) is 10.1. The van der Waals surface area contributed by atoms with E-state index in [0.717, 1.165) is 30.8 Å². The number of rotatable bonds is 4. The Bertz CT molecular complexity index is 512. The van der Waals surface area contributed by atoms with Crippen LogP contribution in [-0.4, -0.2) is 22.8 Å². The lowest BCUT2D eigenvalue weighted by Crippen LogP contribution is -2.31. The monoisotopic (exact) mass is 260 g/mol. The molecule has 0 unspecified atom stereocenters. The zero-order chi connectivity index (χ0) is 12.4. The van der Waals surface area contributed by atoms with Gasteiger partial charge in [0, 0.05) is 19.0 Å². The first-order chi connectivity index (χ1) is 8.81. The van der Waals surface area contributed by atoms with Crippen molar-refractivity contribution >= 4 is 16.5 Å². The minimum atomic E-state index is 0.554. The average Bonchev–Trinajstić information content (AvgIpc) is 2.95. The number of nitrogens with one attached hydrogen (secondary N) is 1. The largest absolute Gasteiger partial charge is 0.374 e. The van der Waals surface area contributed by atoms with Crippen LogP contribution in [0.1, 0.15) is 16.1 Å². The van der Waals surface area contributed by atoms with Crippen LogP contribution in [0.4, 0.5) is 5.13 Å². The number of hydrogen-bond acceptors (Lipinski definition) is 5. The predicted molar refractivity (Wildman–Crippen MR) is 73.7 cm³/mol. The second-order valence-electron chi connectivity index (χ2n) is 4.61. The van der Waals surface area contributed by atoms with Crippen LogP contribution in [0.3, 0.4) is 0 Å². The molecule has 4 nitrogen and oxygen atoms in total. The lowest BCUT2D eigenvalue weighted by molar-refractivity contribution is 0.535. The fourth-order valence-electron chi connectivity index (χ4n) is 2.45. The van der Waals surface area contributed by atoms with E-state index in [2.05, 4.69) is 39.8 Å². The number of hydrogen-bond donors (Lipinski definition) is 2. The summed E-state index contributed by atoms with van der Waals surface area (Å²) in [6.45, 7) is 0.938. The molecule has 1 aromatic carbocycles. The molecule has 0 fully saturated rings. The first kappa shape index (κ1) is 11.6. The highest BCUT2D eigenvalue weighted by atomic mass is 32.1. The second kappa shape index (κ2) is 5.04. The van der Waals surface area contributed by atoms with Crippen molar-refractivity contribution in [1.82, 2.24) is 15.5 Å². The van der Waals surface area contributed by atoms with E-state index in [1.165, 1.54) is 22.5 Å². The highest BCUT2D eigenvalue weighted by Crippen LogP contribution is 2.21. The van der Waals surface area contributed by atoms with Gasteiger partial charge in [-0.2, -0.15) is 0 Å². The summed E-state index contributed by atoms with van der Waals surface area (Å²) in [5.74, 6) is 0. The molecule has 0 amide bonds. The van der Waals surface area contributed by atoms with E-state index in [1.54, 1.807) is 0 Å². The fraction of sp³-hybridized carbons (Fsp3) is 0.385. The molecule has 0 saturated carbocycles. The molecule has 0 aliphatic heterocycles. The maximum atomic E-state index is 5.55. The molecule has 0 atom stereocenters. The lowest BCUT2D eigenvalue weighted by Gasteiger charge is -2.10. The van der Waals surface area contributed by atoms with Crippen molar-refractivity contribution in [3.05, 3.63) is 40.4 Å². The average molecular weight is 260 g/mol. The summed E-state index contributed by atoms with van der Waals surface area (Å²) in [6, 6.07) is 9.24. The highest BCUT2D eigenvalue weighted by molar-refractivity contribution is 7.15. The normalized spacial score (nSPS) is 14.9. The zero-order valence-corrected chi connectivity index (χ0v) is 10.9. The third-order valence-electron chi connectivity index (χ3n) is 3.31. The van der Waals surface area contributed by atoms with Crippen molar-refractivity contribution in [3.63, 3.8) is 0 Å². The molecule has 94 valence electrons. The third-order valence-corrected chi connectivity index (χ3v) is 4.12. The topological polar surface area (TPSA) is 63.8 Å². The number of aromatic nitrogens is 2. The maximum absolute atomic E-state index is 5.55. The predicted octanol–water partition coefficient (Wildman–Crippen LogP) is 1.42. The number of anilines is 1. The first-order valence-electron chi connectivity index (χ1n) is 6.19. The minimum Gasteiger partial charge on any atom is -0.374 e. The van der Waals surface area contributed by atoms with Crippen LogP contribution in [0.5, 0.6) is 0 Å². The molecule has 0 bridgehead atoms. The van der Waals surface area contributed by atoms with Crippen LogP contribution in [-0.2, 0) is 19.3 Å². The molecule has 3 N–H and O–H groups in total. The smallest absolute Gasteiger partial charge is 0.203 e. The van der Waals surface area contributed by atoms with Gasteiger partial charge in [0.15, 0.2) is 0 Å². The fourth-order valence-corrected chi connectivity index (χ4v) is 3.06. The molecule has 0 spiro atoms. The van der Waals surface area contributed by atoms with E-state index >= 15 is 0 Å². The Balaban J connectivity index is 1.48. The van der Waals surface area contributed by atoms with E-state index in [1.807, 2.05) is 0 Å². The van der Waals surface area contributed by atoms with Crippen molar-refractivity contribution in [2.24, 2.45) is 0 Å². The molecule has 3 rings (SSSR count). The van der Waals surface area contributed by atoms with Crippen molar-refractivity contribution in [2.75, 3.05) is 12.3 Å². The number of nitrogens with zero attached hydrogens (tertiary/aromatic N) is 2. The number of fused-ring (bicyclic) bond motifs is 1. The summed E-state index contributed by atoms with van der Waals surface area (Å²) < 4.78 is 0. The van der Waals surface area contributed by atoms with Crippen LogP contribution < -0.4 is 11.1 Å². The Morgan fingerprint density at radius 3 is 2.56 bits per heavy atom. The van der Waals surface area contributed by atoms with Gasteiger partial charge in [0.05, 0.1) is 0 Å². The number of nitrogen functional groups attached to an aromatic ring is 1. The molecule has 1 aliphatic carbocycles. The van der Waals surface area contributed by atoms with Crippen LogP contribution in [0.2, 0.25) is 0 Å². The Morgan fingerprint density at radius 1 is 1.22 bits per heavy atom. The van der Waals surface area contributed by atoms with Crippen molar-refractivity contribution < 1.29 is 0 Å². The van der Waals surface area contributed by atoms with Gasteiger partial charge in [0.2, 0.25) is 5.13 Å². The summed E-state index contributed by atoms with van der Waals surface area (Å²) in [7, 11) is 0. The molecule has 1 aromatic heterocycles. The Morgan fingerprint density at radius 2 is 1.94 bits per heavy atom. The van der Waals surface area contributed by atoms with Gasteiger partial charge < -0.3 is 11.1 Å². The van der Waals surface area contributed by atoms with Crippen LogP contribution in [0.25, 0.3) is 0 Å². The van der Waals surface area contributed by atoms with Gasteiger partial charge in [0.1, 0.15) is 5.01 Å². The Kier molecular flexibility index (Phi) is 3.25. The van der Waals surface area contributed by atoms with Crippen molar-refractivity contribution in [3.8, 4) is 0 Å². The highest BCUT2D eigenvalue weighted by Gasteiger charge is 2.19. The van der Waals surface area contributed by atoms with E-state index in [9.17, 15) is 0 Å². The number of benzene rings is 1. The Labute approximate surface area is 110 Å². The standard InChI is InChI=1S/C13H16N4S/c14-13-17-16-12(18-13)5-6-15-11-7-9-3-1-2-4-10(9)8-11/h1-4,11,15H,5-8H2,(H2,14,17). The maximum Gasteiger partial charge on any atom is 0.203 e. The van der Waals surface area contributed by atoms with Gasteiger partial charge >= 0.3 is 0 Å². The summed E-state index contributed by atoms with van der Waals surface area (Å²) >= 11 is 1.47. The lowest BCUT2D eigenvalue weighted by atomic mass is 10.1. The van der Waals surface area contributed by atoms with Crippen LogP contribution in [0, 0.1) is 0 Å². The SMILES string of the molecule is Nc1nnc(CCNC2Cc3ccccc3C2)s1. The quantitative estimate of drug-likeness (QED) is 0.872. The summed E-state index contributed by atoms with van der Waals surface area (Å²) in [4.78, 5) is 0. The van der Waals surface area contributed by atoms with E-state index in [4.69, 9.17) is 5.73 Å². The van der Waals surface area contributed by atoms with Crippen molar-refractivity contribution in [1.29, 1.82) is 0 Å². The van der Waals surface area contributed by atoms with Gasteiger partial charge in [0.25, 0.3) is 0 Å². The molecule has 1 aliphatic rings. The third kappa shape index (κ3) is 2.52. The van der Waals surface area contributed by atoms with E-state index in [0.29, 0.717) is 11.2 Å². The van der Waals surface area contributed by atoms with E-state index in [-0.39, 0.29) is 0 Å². The van der Waals surface area contributed by atoms with Gasteiger partial charge in [-0.25, -0.2) is 0 Å². The molecule has 0 saturated heterocycles. The molecule has 1 heterocycles. The van der Waals surface area contributed by atoms with Gasteiger partial charge in [-0.3, -0.25) is 0 Å². The Hall–Kier alpha value is -1.46. The summed E-state index contributed by atoms with van der Waals surface area (Å²) in [5, 5.41) is 13.0. The molecule has 5 heteroatoms. The van der Waals surface area contributed by atoms with Gasteiger partial charge in [-0.1, -0.05) is 35.6 Å². The second-order valence-corrected chi connectivity index (χ2v) is 5.71. The van der Waals surface area contributed by atoms with Crippen molar-refractivity contribution in [2.45, 2.75) is 25.3 Å².